The van der Waals surface area contributed by atoms with Crippen molar-refractivity contribution in [2.75, 3.05) is 11.9 Å². The number of anilines is 1. The number of nitrogens with zero attached hydrogens (tertiary/aromatic N) is 2. The predicted octanol–water partition coefficient (Wildman–Crippen LogP) is 2.78. The molecule has 0 amide bonds. The zero-order valence-corrected chi connectivity index (χ0v) is 9.58. The second-order valence-electron chi connectivity index (χ2n) is 4.58. The van der Waals surface area contributed by atoms with Crippen LogP contribution >= 0.6 is 0 Å². The number of rotatable bonds is 4. The summed E-state index contributed by atoms with van der Waals surface area (Å²) in [5, 5.41) is 3.36. The van der Waals surface area contributed by atoms with Crippen molar-refractivity contribution in [1.82, 2.24) is 9.97 Å². The summed E-state index contributed by atoms with van der Waals surface area (Å²) in [5.41, 5.74) is 1.54. The second-order valence-corrected chi connectivity index (χ2v) is 4.58. The summed E-state index contributed by atoms with van der Waals surface area (Å²) >= 11 is 0. The maximum Gasteiger partial charge on any atom is 0.222 e. The Morgan fingerprint density at radius 1 is 1.47 bits per heavy atom. The van der Waals surface area contributed by atoms with Crippen molar-refractivity contribution in [3.8, 4) is 0 Å². The van der Waals surface area contributed by atoms with E-state index in [1.807, 2.05) is 19.2 Å². The molecule has 0 saturated heterocycles. The molecule has 0 spiro atoms. The van der Waals surface area contributed by atoms with Crippen LogP contribution < -0.4 is 5.32 Å². The van der Waals surface area contributed by atoms with Crippen molar-refractivity contribution in [3.05, 3.63) is 18.0 Å². The largest absolute Gasteiger partial charge is 0.354 e. The first-order valence-electron chi connectivity index (χ1n) is 5.78. The highest BCUT2D eigenvalue weighted by Crippen LogP contribution is 2.43. The van der Waals surface area contributed by atoms with Crippen LogP contribution in [0.25, 0.3) is 0 Å². The first-order valence-corrected chi connectivity index (χ1v) is 5.78. The number of hydrogen-bond donors (Lipinski definition) is 1. The first kappa shape index (κ1) is 10.4. The third-order valence-corrected chi connectivity index (χ3v) is 3.58. The van der Waals surface area contributed by atoms with Gasteiger partial charge in [0.2, 0.25) is 5.95 Å². The van der Waals surface area contributed by atoms with Crippen molar-refractivity contribution in [2.24, 2.45) is 5.41 Å². The summed E-state index contributed by atoms with van der Waals surface area (Å²) in [6.45, 7) is 5.29. The Morgan fingerprint density at radius 2 is 2.27 bits per heavy atom. The maximum absolute atomic E-state index is 4.35. The van der Waals surface area contributed by atoms with Crippen molar-refractivity contribution < 1.29 is 0 Å². The summed E-state index contributed by atoms with van der Waals surface area (Å²) in [4.78, 5) is 8.56. The lowest BCUT2D eigenvalue weighted by Gasteiger charge is -2.41. The highest BCUT2D eigenvalue weighted by atomic mass is 15.1. The van der Waals surface area contributed by atoms with E-state index in [1.54, 1.807) is 0 Å². The highest BCUT2D eigenvalue weighted by molar-refractivity contribution is 5.25. The number of nitrogens with one attached hydrogen (secondary N) is 1. The molecule has 1 aromatic heterocycles. The van der Waals surface area contributed by atoms with E-state index in [4.69, 9.17) is 0 Å². The normalized spacial score (nSPS) is 18.3. The van der Waals surface area contributed by atoms with E-state index < -0.39 is 0 Å². The molecule has 82 valence electrons. The van der Waals surface area contributed by atoms with Crippen LogP contribution in [0.3, 0.4) is 0 Å². The van der Waals surface area contributed by atoms with Gasteiger partial charge in [-0.05, 0) is 37.7 Å². The van der Waals surface area contributed by atoms with E-state index in [-0.39, 0.29) is 0 Å². The first-order chi connectivity index (χ1) is 7.24. The zero-order chi connectivity index (χ0) is 10.7. The summed E-state index contributed by atoms with van der Waals surface area (Å²) in [5.74, 6) is 0.773. The van der Waals surface area contributed by atoms with E-state index in [1.165, 1.54) is 25.7 Å². The molecule has 0 aromatic carbocycles. The van der Waals surface area contributed by atoms with Gasteiger partial charge in [-0.3, -0.25) is 0 Å². The summed E-state index contributed by atoms with van der Waals surface area (Å²) < 4.78 is 0. The maximum atomic E-state index is 4.35. The van der Waals surface area contributed by atoms with Gasteiger partial charge in [0.15, 0.2) is 0 Å². The number of hydrogen-bond acceptors (Lipinski definition) is 3. The van der Waals surface area contributed by atoms with Gasteiger partial charge in [-0.2, -0.15) is 0 Å². The van der Waals surface area contributed by atoms with Gasteiger partial charge < -0.3 is 5.32 Å². The van der Waals surface area contributed by atoms with Crippen LogP contribution in [-0.2, 0) is 0 Å². The smallest absolute Gasteiger partial charge is 0.222 e. The van der Waals surface area contributed by atoms with Crippen LogP contribution in [-0.4, -0.2) is 16.5 Å². The third-order valence-electron chi connectivity index (χ3n) is 3.58. The molecule has 0 radical (unpaired) electrons. The lowest BCUT2D eigenvalue weighted by atomic mass is 9.67. The fourth-order valence-corrected chi connectivity index (χ4v) is 2.13. The molecule has 1 heterocycles. The van der Waals surface area contributed by atoms with Gasteiger partial charge in [0.05, 0.1) is 0 Å². The van der Waals surface area contributed by atoms with Crippen LogP contribution in [0.4, 0.5) is 5.95 Å². The van der Waals surface area contributed by atoms with Crippen molar-refractivity contribution in [2.45, 2.75) is 39.5 Å². The van der Waals surface area contributed by atoms with E-state index in [9.17, 15) is 0 Å². The van der Waals surface area contributed by atoms with Crippen LogP contribution in [0, 0.1) is 12.3 Å². The van der Waals surface area contributed by atoms with Crippen molar-refractivity contribution in [1.29, 1.82) is 0 Å². The number of aryl methyl sites for hydroxylation is 1. The molecular formula is C12H19N3. The zero-order valence-electron chi connectivity index (χ0n) is 9.58. The van der Waals surface area contributed by atoms with Crippen molar-refractivity contribution in [3.63, 3.8) is 0 Å². The van der Waals surface area contributed by atoms with Gasteiger partial charge >= 0.3 is 0 Å². The fraction of sp³-hybridized carbons (Fsp3) is 0.667. The Kier molecular flexibility index (Phi) is 2.89. The molecule has 0 aliphatic heterocycles. The average molecular weight is 205 g/mol. The Bertz CT molecular complexity index is 326. The molecule has 0 bridgehead atoms. The topological polar surface area (TPSA) is 37.8 Å². The Morgan fingerprint density at radius 3 is 2.80 bits per heavy atom. The van der Waals surface area contributed by atoms with E-state index in [2.05, 4.69) is 22.2 Å². The van der Waals surface area contributed by atoms with Crippen molar-refractivity contribution >= 4 is 5.95 Å². The monoisotopic (exact) mass is 205 g/mol. The molecule has 1 N–H and O–H groups in total. The molecule has 1 saturated carbocycles. The molecule has 1 aliphatic rings. The van der Waals surface area contributed by atoms with Gasteiger partial charge in [-0.15, -0.1) is 0 Å². The summed E-state index contributed by atoms with van der Waals surface area (Å²) in [6.07, 6.45) is 7.14. The van der Waals surface area contributed by atoms with E-state index in [0.29, 0.717) is 5.41 Å². The van der Waals surface area contributed by atoms with Gasteiger partial charge in [-0.1, -0.05) is 13.3 Å². The second kappa shape index (κ2) is 4.17. The molecule has 0 unspecified atom stereocenters. The third kappa shape index (κ3) is 2.28. The molecule has 1 fully saturated rings. The van der Waals surface area contributed by atoms with Gasteiger partial charge in [0.1, 0.15) is 0 Å². The minimum absolute atomic E-state index is 0.521. The Labute approximate surface area is 91.3 Å². The molecule has 2 rings (SSSR count). The fourth-order valence-electron chi connectivity index (χ4n) is 2.13. The molecular weight excluding hydrogens is 186 g/mol. The van der Waals surface area contributed by atoms with Crippen LogP contribution in [0.15, 0.2) is 12.3 Å². The predicted molar refractivity (Wildman–Crippen MR) is 61.8 cm³/mol. The highest BCUT2D eigenvalue weighted by Gasteiger charge is 2.34. The lowest BCUT2D eigenvalue weighted by molar-refractivity contribution is 0.144. The Balaban J connectivity index is 1.92. The van der Waals surface area contributed by atoms with Gasteiger partial charge in [0, 0.05) is 18.4 Å². The quantitative estimate of drug-likeness (QED) is 0.821. The summed E-state index contributed by atoms with van der Waals surface area (Å²) in [6, 6.07) is 1.92. The van der Waals surface area contributed by atoms with Crippen LogP contribution in [0.1, 0.15) is 38.3 Å². The SMILES string of the molecule is CCC1(CNc2nccc(C)n2)CCC1. The minimum atomic E-state index is 0.521. The Hall–Kier alpha value is -1.12. The average Bonchev–Trinajstić information content (AvgIpc) is 2.17. The molecule has 1 aliphatic carbocycles. The molecule has 15 heavy (non-hydrogen) atoms. The van der Waals surface area contributed by atoms with Crippen LogP contribution in [0.2, 0.25) is 0 Å². The standard InChI is InChI=1S/C12H19N3/c1-3-12(6-4-7-12)9-14-11-13-8-5-10(2)15-11/h5,8H,3-4,6-7,9H2,1-2H3,(H,13,14,15). The molecule has 3 nitrogen and oxygen atoms in total. The van der Waals surface area contributed by atoms with E-state index in [0.717, 1.165) is 18.2 Å². The van der Waals surface area contributed by atoms with Gasteiger partial charge in [-0.25, -0.2) is 9.97 Å². The van der Waals surface area contributed by atoms with E-state index >= 15 is 0 Å². The molecule has 3 heteroatoms. The lowest BCUT2D eigenvalue weighted by Crippen LogP contribution is -2.36. The minimum Gasteiger partial charge on any atom is -0.354 e. The molecule has 0 atom stereocenters. The molecule has 1 aromatic rings. The summed E-state index contributed by atoms with van der Waals surface area (Å²) in [7, 11) is 0. The number of aromatic nitrogens is 2. The van der Waals surface area contributed by atoms with Crippen LogP contribution in [0.5, 0.6) is 0 Å². The van der Waals surface area contributed by atoms with Gasteiger partial charge in [0.25, 0.3) is 0 Å².